The molecule has 0 aliphatic carbocycles. The third-order valence-electron chi connectivity index (χ3n) is 3.60. The van der Waals surface area contributed by atoms with E-state index in [0.717, 1.165) is 25.9 Å². The maximum atomic E-state index is 11.8. The van der Waals surface area contributed by atoms with Gasteiger partial charge in [-0.25, -0.2) is 0 Å². The lowest BCUT2D eigenvalue weighted by atomic mass is 10.0. The molecule has 1 aliphatic rings. The third kappa shape index (κ3) is 3.19. The van der Waals surface area contributed by atoms with Crippen molar-refractivity contribution in [3.05, 3.63) is 0 Å². The van der Waals surface area contributed by atoms with Crippen molar-refractivity contribution < 1.29 is 4.79 Å². The highest BCUT2D eigenvalue weighted by Gasteiger charge is 2.31. The lowest BCUT2D eigenvalue weighted by molar-refractivity contribution is -0.130. The van der Waals surface area contributed by atoms with Crippen LogP contribution in [0.3, 0.4) is 0 Å². The molecule has 0 aromatic carbocycles. The molecule has 4 heteroatoms. The molecule has 0 radical (unpaired) electrons. The van der Waals surface area contributed by atoms with Crippen molar-refractivity contribution in [2.24, 2.45) is 11.7 Å². The highest BCUT2D eigenvalue weighted by molar-refractivity contribution is 5.83. The maximum Gasteiger partial charge on any atom is 0.239 e. The van der Waals surface area contributed by atoms with E-state index in [1.165, 1.54) is 0 Å². The summed E-state index contributed by atoms with van der Waals surface area (Å²) in [6.07, 6.45) is 1.91. The molecule has 0 aromatic heterocycles. The van der Waals surface area contributed by atoms with Crippen LogP contribution in [-0.4, -0.2) is 55.0 Å². The normalized spacial score (nSPS) is 23.6. The van der Waals surface area contributed by atoms with E-state index >= 15 is 0 Å². The zero-order chi connectivity index (χ0) is 12.3. The van der Waals surface area contributed by atoms with Crippen molar-refractivity contribution >= 4 is 5.91 Å². The second-order valence-electron chi connectivity index (χ2n) is 5.24. The molecule has 1 amide bonds. The zero-order valence-corrected chi connectivity index (χ0v) is 10.9. The number of likely N-dealkylation sites (N-methyl/N-ethyl adjacent to an activating group) is 2. The molecule has 1 heterocycles. The summed E-state index contributed by atoms with van der Waals surface area (Å²) in [5.41, 5.74) is 6.00. The predicted octanol–water partition coefficient (Wildman–Crippen LogP) is 0.522. The van der Waals surface area contributed by atoms with E-state index in [1.54, 1.807) is 0 Å². The van der Waals surface area contributed by atoms with Gasteiger partial charge in [0.05, 0.1) is 6.04 Å². The molecule has 1 aliphatic heterocycles. The Balaban J connectivity index is 2.35. The summed E-state index contributed by atoms with van der Waals surface area (Å²) < 4.78 is 0. The van der Waals surface area contributed by atoms with Crippen LogP contribution in [0.5, 0.6) is 0 Å². The second kappa shape index (κ2) is 5.64. The van der Waals surface area contributed by atoms with E-state index in [0.29, 0.717) is 5.92 Å². The smallest absolute Gasteiger partial charge is 0.239 e. The van der Waals surface area contributed by atoms with Gasteiger partial charge in [0.25, 0.3) is 0 Å². The Morgan fingerprint density at radius 3 is 2.62 bits per heavy atom. The van der Waals surface area contributed by atoms with Gasteiger partial charge >= 0.3 is 0 Å². The lowest BCUT2D eigenvalue weighted by Crippen LogP contribution is -2.41. The highest BCUT2D eigenvalue weighted by Crippen LogP contribution is 2.15. The Hall–Kier alpha value is -0.610. The van der Waals surface area contributed by atoms with Gasteiger partial charge in [-0.05, 0) is 25.8 Å². The molecule has 1 fully saturated rings. The van der Waals surface area contributed by atoms with Gasteiger partial charge in [0.1, 0.15) is 0 Å². The van der Waals surface area contributed by atoms with Gasteiger partial charge in [-0.1, -0.05) is 13.8 Å². The Morgan fingerprint density at radius 1 is 1.56 bits per heavy atom. The first kappa shape index (κ1) is 13.5. The predicted molar refractivity (Wildman–Crippen MR) is 66.1 cm³/mol. The fraction of sp³-hybridized carbons (Fsp3) is 0.917. The molecule has 2 unspecified atom stereocenters. The van der Waals surface area contributed by atoms with Crippen molar-refractivity contribution in [1.29, 1.82) is 0 Å². The van der Waals surface area contributed by atoms with Gasteiger partial charge in [-0.3, -0.25) is 9.69 Å². The Labute approximate surface area is 98.8 Å². The summed E-state index contributed by atoms with van der Waals surface area (Å²) in [4.78, 5) is 15.7. The SMILES string of the molecule is CC(C)C(N)CCN(C)C1CCN(C)C1=O. The minimum Gasteiger partial charge on any atom is -0.344 e. The van der Waals surface area contributed by atoms with Gasteiger partial charge in [-0.2, -0.15) is 0 Å². The van der Waals surface area contributed by atoms with Crippen LogP contribution in [0.4, 0.5) is 0 Å². The average molecular weight is 227 g/mol. The second-order valence-corrected chi connectivity index (χ2v) is 5.24. The topological polar surface area (TPSA) is 49.6 Å². The van der Waals surface area contributed by atoms with Gasteiger partial charge in [0, 0.05) is 26.2 Å². The molecular formula is C12H25N3O. The van der Waals surface area contributed by atoms with Crippen LogP contribution in [0.2, 0.25) is 0 Å². The summed E-state index contributed by atoms with van der Waals surface area (Å²) >= 11 is 0. The summed E-state index contributed by atoms with van der Waals surface area (Å²) in [6.45, 7) is 6.06. The van der Waals surface area contributed by atoms with Crippen LogP contribution in [0, 0.1) is 5.92 Å². The van der Waals surface area contributed by atoms with E-state index in [1.807, 2.05) is 19.0 Å². The molecule has 0 saturated carbocycles. The quantitative estimate of drug-likeness (QED) is 0.745. The van der Waals surface area contributed by atoms with E-state index in [9.17, 15) is 4.79 Å². The number of rotatable bonds is 5. The Kier molecular flexibility index (Phi) is 4.74. The average Bonchev–Trinajstić information content (AvgIpc) is 2.55. The minimum absolute atomic E-state index is 0.0735. The molecule has 4 nitrogen and oxygen atoms in total. The number of likely N-dealkylation sites (tertiary alicyclic amines) is 1. The fourth-order valence-corrected chi connectivity index (χ4v) is 2.05. The molecular weight excluding hydrogens is 202 g/mol. The van der Waals surface area contributed by atoms with Gasteiger partial charge in [0.15, 0.2) is 0 Å². The first-order chi connectivity index (χ1) is 7.43. The first-order valence-electron chi connectivity index (χ1n) is 6.14. The molecule has 0 bridgehead atoms. The van der Waals surface area contributed by atoms with E-state index in [-0.39, 0.29) is 18.0 Å². The Bertz CT molecular complexity index is 242. The van der Waals surface area contributed by atoms with Crippen molar-refractivity contribution in [3.63, 3.8) is 0 Å². The fourth-order valence-electron chi connectivity index (χ4n) is 2.05. The van der Waals surface area contributed by atoms with Gasteiger partial charge in [-0.15, -0.1) is 0 Å². The molecule has 16 heavy (non-hydrogen) atoms. The maximum absolute atomic E-state index is 11.8. The van der Waals surface area contributed by atoms with Crippen molar-refractivity contribution in [3.8, 4) is 0 Å². The van der Waals surface area contributed by atoms with Crippen LogP contribution in [-0.2, 0) is 4.79 Å². The van der Waals surface area contributed by atoms with Crippen LogP contribution >= 0.6 is 0 Å². The number of hydrogen-bond donors (Lipinski definition) is 1. The van der Waals surface area contributed by atoms with Crippen LogP contribution in [0.25, 0.3) is 0 Å². The van der Waals surface area contributed by atoms with E-state index in [2.05, 4.69) is 18.7 Å². The lowest BCUT2D eigenvalue weighted by Gasteiger charge is -2.25. The molecule has 0 spiro atoms. The largest absolute Gasteiger partial charge is 0.344 e. The minimum atomic E-state index is 0.0735. The van der Waals surface area contributed by atoms with E-state index < -0.39 is 0 Å². The number of carbonyl (C=O) groups is 1. The standard InChI is InChI=1S/C12H25N3O/c1-9(2)10(13)5-7-14(3)11-6-8-15(4)12(11)16/h9-11H,5-8,13H2,1-4H3. The summed E-state index contributed by atoms with van der Waals surface area (Å²) in [5, 5.41) is 0. The van der Waals surface area contributed by atoms with E-state index in [4.69, 9.17) is 5.73 Å². The van der Waals surface area contributed by atoms with Crippen LogP contribution in [0.15, 0.2) is 0 Å². The number of nitrogens with two attached hydrogens (primary N) is 1. The molecule has 1 rings (SSSR count). The summed E-state index contributed by atoms with van der Waals surface area (Å²) in [7, 11) is 3.89. The molecule has 94 valence electrons. The summed E-state index contributed by atoms with van der Waals surface area (Å²) in [6, 6.07) is 0.307. The number of hydrogen-bond acceptors (Lipinski definition) is 3. The first-order valence-corrected chi connectivity index (χ1v) is 6.14. The summed E-state index contributed by atoms with van der Waals surface area (Å²) in [5.74, 6) is 0.760. The molecule has 0 aromatic rings. The van der Waals surface area contributed by atoms with Crippen LogP contribution < -0.4 is 5.73 Å². The number of nitrogens with zero attached hydrogens (tertiary/aromatic N) is 2. The molecule has 2 N–H and O–H groups in total. The van der Waals surface area contributed by atoms with Crippen molar-refractivity contribution in [2.45, 2.75) is 38.8 Å². The number of carbonyl (C=O) groups excluding carboxylic acids is 1. The molecule has 2 atom stereocenters. The molecule has 1 saturated heterocycles. The van der Waals surface area contributed by atoms with Crippen molar-refractivity contribution in [1.82, 2.24) is 9.80 Å². The monoisotopic (exact) mass is 227 g/mol. The number of amides is 1. The third-order valence-corrected chi connectivity index (χ3v) is 3.60. The van der Waals surface area contributed by atoms with Gasteiger partial charge < -0.3 is 10.6 Å². The van der Waals surface area contributed by atoms with Crippen molar-refractivity contribution in [2.75, 3.05) is 27.2 Å². The highest BCUT2D eigenvalue weighted by atomic mass is 16.2. The Morgan fingerprint density at radius 2 is 2.19 bits per heavy atom. The van der Waals surface area contributed by atoms with Crippen LogP contribution in [0.1, 0.15) is 26.7 Å². The zero-order valence-electron chi connectivity index (χ0n) is 10.9. The van der Waals surface area contributed by atoms with Gasteiger partial charge in [0.2, 0.25) is 5.91 Å².